The van der Waals surface area contributed by atoms with E-state index in [1.807, 2.05) is 12.1 Å². The van der Waals surface area contributed by atoms with Gasteiger partial charge >= 0.3 is 0 Å². The predicted octanol–water partition coefficient (Wildman–Crippen LogP) is 3.32. The Hall–Kier alpha value is -1.32. The van der Waals surface area contributed by atoms with Crippen molar-refractivity contribution in [1.82, 2.24) is 10.2 Å². The fourth-order valence-electron chi connectivity index (χ4n) is 3.35. The zero-order chi connectivity index (χ0) is 13.9. The molecule has 0 saturated carbocycles. The average molecular weight is 272 g/mol. The maximum atomic E-state index is 5.81. The van der Waals surface area contributed by atoms with E-state index < -0.39 is 0 Å². The molecule has 20 heavy (non-hydrogen) atoms. The van der Waals surface area contributed by atoms with Gasteiger partial charge in [0.15, 0.2) is 0 Å². The number of fused-ring (bicyclic) bond motifs is 1. The van der Waals surface area contributed by atoms with Crippen LogP contribution < -0.4 is 5.32 Å². The van der Waals surface area contributed by atoms with Crippen LogP contribution in [0.4, 0.5) is 0 Å². The van der Waals surface area contributed by atoms with Gasteiger partial charge < -0.3 is 9.73 Å². The van der Waals surface area contributed by atoms with Crippen LogP contribution in [-0.4, -0.2) is 30.6 Å². The lowest BCUT2D eigenvalue weighted by Gasteiger charge is -2.22. The maximum Gasteiger partial charge on any atom is 0.134 e. The molecule has 2 heterocycles. The molecule has 1 aliphatic heterocycles. The van der Waals surface area contributed by atoms with Crippen molar-refractivity contribution in [1.29, 1.82) is 0 Å². The molecular formula is C17H24N2O. The topological polar surface area (TPSA) is 28.4 Å². The minimum absolute atomic E-state index is 0.707. The van der Waals surface area contributed by atoms with Crippen molar-refractivity contribution in [3.05, 3.63) is 35.6 Å². The van der Waals surface area contributed by atoms with Crippen molar-refractivity contribution in [2.75, 3.05) is 19.6 Å². The van der Waals surface area contributed by atoms with Crippen LogP contribution in [-0.2, 0) is 6.54 Å². The predicted molar refractivity (Wildman–Crippen MR) is 82.9 cm³/mol. The number of nitrogens with zero attached hydrogens (tertiary/aromatic N) is 1. The van der Waals surface area contributed by atoms with Crippen LogP contribution in [0.5, 0.6) is 0 Å². The number of furan rings is 1. The van der Waals surface area contributed by atoms with Crippen molar-refractivity contribution in [2.45, 2.75) is 39.3 Å². The molecule has 3 rings (SSSR count). The minimum Gasteiger partial charge on any atom is -0.461 e. The third-order valence-corrected chi connectivity index (χ3v) is 4.49. The van der Waals surface area contributed by atoms with Gasteiger partial charge in [-0.25, -0.2) is 0 Å². The second-order valence-corrected chi connectivity index (χ2v) is 5.69. The Bertz CT molecular complexity index is 575. The molecule has 0 bridgehead atoms. The summed E-state index contributed by atoms with van der Waals surface area (Å²) in [5.74, 6) is 1.04. The molecule has 1 aromatic heterocycles. The molecule has 1 fully saturated rings. The van der Waals surface area contributed by atoms with Crippen molar-refractivity contribution in [3.63, 3.8) is 0 Å². The molecule has 3 nitrogen and oxygen atoms in total. The van der Waals surface area contributed by atoms with Crippen LogP contribution in [0, 0.1) is 6.92 Å². The van der Waals surface area contributed by atoms with E-state index >= 15 is 0 Å². The van der Waals surface area contributed by atoms with Crippen LogP contribution >= 0.6 is 0 Å². The Morgan fingerprint density at radius 1 is 1.35 bits per heavy atom. The van der Waals surface area contributed by atoms with E-state index in [2.05, 4.69) is 36.2 Å². The quantitative estimate of drug-likeness (QED) is 0.905. The first kappa shape index (κ1) is 13.7. The van der Waals surface area contributed by atoms with Crippen LogP contribution in [0.25, 0.3) is 11.0 Å². The van der Waals surface area contributed by atoms with E-state index in [1.165, 1.54) is 36.9 Å². The highest BCUT2D eigenvalue weighted by molar-refractivity contribution is 5.82. The van der Waals surface area contributed by atoms with E-state index in [-0.39, 0.29) is 0 Å². The molecule has 0 aliphatic carbocycles. The summed E-state index contributed by atoms with van der Waals surface area (Å²) in [6, 6.07) is 9.01. The Morgan fingerprint density at radius 3 is 3.05 bits per heavy atom. The molecule has 1 aromatic carbocycles. The zero-order valence-corrected chi connectivity index (χ0v) is 12.5. The average Bonchev–Trinajstić information content (AvgIpc) is 3.03. The number of nitrogens with one attached hydrogen (secondary N) is 1. The Balaban J connectivity index is 1.64. The standard InChI is InChI=1S/C17H24N2O/c1-3-19-10-6-7-14(19)11-18-12-16-13(2)20-17-9-5-4-8-15(16)17/h4-5,8-9,14,18H,3,6-7,10-12H2,1-2H3. The van der Waals surface area contributed by atoms with Gasteiger partial charge in [-0.1, -0.05) is 25.1 Å². The molecule has 0 radical (unpaired) electrons. The van der Waals surface area contributed by atoms with E-state index in [9.17, 15) is 0 Å². The highest BCUT2D eigenvalue weighted by atomic mass is 16.3. The molecule has 1 aliphatic rings. The summed E-state index contributed by atoms with van der Waals surface area (Å²) in [5.41, 5.74) is 2.31. The summed E-state index contributed by atoms with van der Waals surface area (Å²) >= 11 is 0. The number of likely N-dealkylation sites (tertiary alicyclic amines) is 1. The summed E-state index contributed by atoms with van der Waals surface area (Å²) in [4.78, 5) is 2.58. The van der Waals surface area contributed by atoms with Crippen LogP contribution in [0.15, 0.2) is 28.7 Å². The first-order chi connectivity index (χ1) is 9.79. The molecule has 0 spiro atoms. The molecule has 1 unspecified atom stereocenters. The first-order valence-corrected chi connectivity index (χ1v) is 7.71. The van der Waals surface area contributed by atoms with E-state index in [0.717, 1.165) is 24.4 Å². The second-order valence-electron chi connectivity index (χ2n) is 5.69. The van der Waals surface area contributed by atoms with Gasteiger partial charge in [-0.2, -0.15) is 0 Å². The Kier molecular flexibility index (Phi) is 4.08. The second kappa shape index (κ2) is 5.98. The lowest BCUT2D eigenvalue weighted by Crippen LogP contribution is -2.37. The van der Waals surface area contributed by atoms with Crippen LogP contribution in [0.3, 0.4) is 0 Å². The van der Waals surface area contributed by atoms with Gasteiger partial charge in [-0.05, 0) is 38.9 Å². The molecule has 2 aromatic rings. The summed E-state index contributed by atoms with van der Waals surface area (Å²) in [6.45, 7) is 8.72. The van der Waals surface area contributed by atoms with Crippen molar-refractivity contribution < 1.29 is 4.42 Å². The number of aryl methyl sites for hydroxylation is 1. The lowest BCUT2D eigenvalue weighted by atomic mass is 10.1. The fourth-order valence-corrected chi connectivity index (χ4v) is 3.35. The van der Waals surface area contributed by atoms with Gasteiger partial charge in [-0.15, -0.1) is 0 Å². The summed E-state index contributed by atoms with van der Waals surface area (Å²) < 4.78 is 5.81. The maximum absolute atomic E-state index is 5.81. The van der Waals surface area contributed by atoms with Gasteiger partial charge in [0.1, 0.15) is 11.3 Å². The van der Waals surface area contributed by atoms with Crippen molar-refractivity contribution >= 4 is 11.0 Å². The Labute approximate surface area is 120 Å². The van der Waals surface area contributed by atoms with Gasteiger partial charge in [0, 0.05) is 30.1 Å². The zero-order valence-electron chi connectivity index (χ0n) is 12.5. The smallest absolute Gasteiger partial charge is 0.134 e. The third kappa shape index (κ3) is 2.60. The highest BCUT2D eigenvalue weighted by Gasteiger charge is 2.22. The fraction of sp³-hybridized carbons (Fsp3) is 0.529. The molecule has 108 valence electrons. The third-order valence-electron chi connectivity index (χ3n) is 4.49. The van der Waals surface area contributed by atoms with Gasteiger partial charge in [0.05, 0.1) is 0 Å². The lowest BCUT2D eigenvalue weighted by molar-refractivity contribution is 0.260. The highest BCUT2D eigenvalue weighted by Crippen LogP contribution is 2.25. The van der Waals surface area contributed by atoms with E-state index in [1.54, 1.807) is 0 Å². The molecule has 3 heteroatoms. The summed E-state index contributed by atoms with van der Waals surface area (Å²) in [7, 11) is 0. The summed E-state index contributed by atoms with van der Waals surface area (Å²) in [6.07, 6.45) is 2.67. The SMILES string of the molecule is CCN1CCCC1CNCc1c(C)oc2ccccc12. The van der Waals surface area contributed by atoms with Crippen molar-refractivity contribution in [2.24, 2.45) is 0 Å². The number of benzene rings is 1. The van der Waals surface area contributed by atoms with E-state index in [4.69, 9.17) is 4.42 Å². The normalized spacial score (nSPS) is 20.0. The van der Waals surface area contributed by atoms with Gasteiger partial charge in [0.25, 0.3) is 0 Å². The number of hydrogen-bond acceptors (Lipinski definition) is 3. The van der Waals surface area contributed by atoms with Gasteiger partial charge in [0.2, 0.25) is 0 Å². The number of para-hydroxylation sites is 1. The summed E-state index contributed by atoms with van der Waals surface area (Å²) in [5, 5.41) is 4.87. The minimum atomic E-state index is 0.707. The molecule has 0 amide bonds. The molecule has 1 saturated heterocycles. The largest absolute Gasteiger partial charge is 0.461 e. The molecule has 1 N–H and O–H groups in total. The Morgan fingerprint density at radius 2 is 2.20 bits per heavy atom. The number of rotatable bonds is 5. The first-order valence-electron chi connectivity index (χ1n) is 7.71. The number of hydrogen-bond donors (Lipinski definition) is 1. The molecule has 1 atom stereocenters. The number of likely N-dealkylation sites (N-methyl/N-ethyl adjacent to an activating group) is 1. The van der Waals surface area contributed by atoms with E-state index in [0.29, 0.717) is 6.04 Å². The van der Waals surface area contributed by atoms with Crippen LogP contribution in [0.1, 0.15) is 31.1 Å². The molecular weight excluding hydrogens is 248 g/mol. The van der Waals surface area contributed by atoms with Crippen molar-refractivity contribution in [3.8, 4) is 0 Å². The van der Waals surface area contributed by atoms with Crippen LogP contribution in [0.2, 0.25) is 0 Å². The van der Waals surface area contributed by atoms with Gasteiger partial charge in [-0.3, -0.25) is 4.90 Å². The monoisotopic (exact) mass is 272 g/mol.